The predicted molar refractivity (Wildman–Crippen MR) is 60.7 cm³/mol. The van der Waals surface area contributed by atoms with Gasteiger partial charge >= 0.3 is 0 Å². The maximum absolute atomic E-state index is 5.09. The van der Waals surface area contributed by atoms with E-state index in [9.17, 15) is 0 Å². The molecule has 0 atom stereocenters. The number of hydrogen-bond donors (Lipinski definition) is 1. The summed E-state index contributed by atoms with van der Waals surface area (Å²) in [5, 5.41) is 15.8. The lowest BCUT2D eigenvalue weighted by Gasteiger charge is -1.98. The normalized spacial score (nSPS) is 11.3. The molecule has 1 N–H and O–H groups in total. The highest BCUT2D eigenvalue weighted by Gasteiger charge is 1.97. The summed E-state index contributed by atoms with van der Waals surface area (Å²) in [4.78, 5) is 0. The molecule has 0 unspecified atom stereocenters. The first-order valence-corrected chi connectivity index (χ1v) is 4.91. The molecule has 7 heteroatoms. The number of nitrogens with zero attached hydrogens (tertiary/aromatic N) is 5. The molecule has 0 aliphatic heterocycles. The van der Waals surface area contributed by atoms with Crippen LogP contribution in [0, 0.1) is 0 Å². The zero-order chi connectivity index (χ0) is 11.5. The SMILES string of the molecule is C(=N\Nc1ccc2nncn2n1)/c1ccco1. The van der Waals surface area contributed by atoms with Gasteiger partial charge < -0.3 is 4.42 Å². The Balaban J connectivity index is 1.76. The van der Waals surface area contributed by atoms with Crippen molar-refractivity contribution in [2.45, 2.75) is 0 Å². The van der Waals surface area contributed by atoms with Crippen LogP contribution in [0.5, 0.6) is 0 Å². The van der Waals surface area contributed by atoms with Crippen molar-refractivity contribution in [1.82, 2.24) is 19.8 Å². The Labute approximate surface area is 95.8 Å². The Kier molecular flexibility index (Phi) is 2.27. The fourth-order valence-corrected chi connectivity index (χ4v) is 1.31. The van der Waals surface area contributed by atoms with Crippen molar-refractivity contribution < 1.29 is 4.42 Å². The summed E-state index contributed by atoms with van der Waals surface area (Å²) < 4.78 is 6.65. The summed E-state index contributed by atoms with van der Waals surface area (Å²) in [5.74, 6) is 1.27. The van der Waals surface area contributed by atoms with E-state index in [1.54, 1.807) is 35.2 Å². The summed E-state index contributed by atoms with van der Waals surface area (Å²) in [5.41, 5.74) is 3.47. The molecule has 0 spiro atoms. The largest absolute Gasteiger partial charge is 0.463 e. The van der Waals surface area contributed by atoms with Crippen LogP contribution in [0.4, 0.5) is 5.82 Å². The van der Waals surface area contributed by atoms with Crippen LogP contribution in [-0.4, -0.2) is 26.0 Å². The van der Waals surface area contributed by atoms with Crippen molar-refractivity contribution in [3.05, 3.63) is 42.6 Å². The molecular weight excluding hydrogens is 220 g/mol. The van der Waals surface area contributed by atoms with Crippen LogP contribution in [0.15, 0.2) is 46.4 Å². The number of aromatic nitrogens is 4. The minimum Gasteiger partial charge on any atom is -0.463 e. The van der Waals surface area contributed by atoms with E-state index in [-0.39, 0.29) is 0 Å². The topological polar surface area (TPSA) is 80.6 Å². The molecule has 0 amide bonds. The molecule has 0 saturated carbocycles. The van der Waals surface area contributed by atoms with Crippen molar-refractivity contribution in [2.24, 2.45) is 5.10 Å². The summed E-state index contributed by atoms with van der Waals surface area (Å²) in [6.45, 7) is 0. The number of hydrogen-bond acceptors (Lipinski definition) is 6. The molecule has 0 aliphatic rings. The van der Waals surface area contributed by atoms with Crippen molar-refractivity contribution >= 4 is 17.7 Å². The molecule has 3 rings (SSSR count). The van der Waals surface area contributed by atoms with E-state index in [0.717, 1.165) is 0 Å². The predicted octanol–water partition coefficient (Wildman–Crippen LogP) is 1.16. The summed E-state index contributed by atoms with van der Waals surface area (Å²) in [6.07, 6.45) is 4.68. The summed E-state index contributed by atoms with van der Waals surface area (Å²) in [6, 6.07) is 7.17. The monoisotopic (exact) mass is 228 g/mol. The van der Waals surface area contributed by atoms with E-state index >= 15 is 0 Å². The molecule has 0 aromatic carbocycles. The van der Waals surface area contributed by atoms with Crippen molar-refractivity contribution in [2.75, 3.05) is 5.43 Å². The molecule has 3 aromatic rings. The third-order valence-corrected chi connectivity index (χ3v) is 2.08. The van der Waals surface area contributed by atoms with Gasteiger partial charge in [-0.25, -0.2) is 0 Å². The van der Waals surface area contributed by atoms with Gasteiger partial charge in [-0.05, 0) is 24.3 Å². The zero-order valence-corrected chi connectivity index (χ0v) is 8.69. The average molecular weight is 228 g/mol. The molecule has 3 heterocycles. The lowest BCUT2D eigenvalue weighted by atomic mass is 10.5. The Hall–Kier alpha value is -2.70. The maximum atomic E-state index is 5.09. The lowest BCUT2D eigenvalue weighted by molar-refractivity contribution is 0.560. The van der Waals surface area contributed by atoms with Gasteiger partial charge in [0.15, 0.2) is 11.5 Å². The van der Waals surface area contributed by atoms with Crippen LogP contribution in [0.25, 0.3) is 5.65 Å². The van der Waals surface area contributed by atoms with Crippen LogP contribution in [0.3, 0.4) is 0 Å². The fraction of sp³-hybridized carbons (Fsp3) is 0. The highest BCUT2D eigenvalue weighted by Crippen LogP contribution is 2.04. The van der Waals surface area contributed by atoms with Crippen molar-refractivity contribution in [3.8, 4) is 0 Å². The molecule has 0 saturated heterocycles. The lowest BCUT2D eigenvalue weighted by Crippen LogP contribution is -1.97. The van der Waals surface area contributed by atoms with Gasteiger partial charge in [-0.2, -0.15) is 9.62 Å². The Bertz CT molecular complexity index is 642. The Morgan fingerprint density at radius 3 is 3.24 bits per heavy atom. The van der Waals surface area contributed by atoms with Gasteiger partial charge in [0.05, 0.1) is 12.5 Å². The van der Waals surface area contributed by atoms with Gasteiger partial charge in [-0.15, -0.1) is 15.3 Å². The van der Waals surface area contributed by atoms with Gasteiger partial charge in [0, 0.05) is 0 Å². The van der Waals surface area contributed by atoms with Gasteiger partial charge in [0.25, 0.3) is 0 Å². The van der Waals surface area contributed by atoms with Gasteiger partial charge in [0.2, 0.25) is 0 Å². The molecule has 84 valence electrons. The molecule has 0 aliphatic carbocycles. The van der Waals surface area contributed by atoms with E-state index in [1.165, 1.54) is 6.33 Å². The molecule has 17 heavy (non-hydrogen) atoms. The first kappa shape index (κ1) is 9.52. The fourth-order valence-electron chi connectivity index (χ4n) is 1.31. The second-order valence-electron chi connectivity index (χ2n) is 3.24. The van der Waals surface area contributed by atoms with Crippen molar-refractivity contribution in [1.29, 1.82) is 0 Å². The molecule has 3 aromatic heterocycles. The molecule has 7 nitrogen and oxygen atoms in total. The van der Waals surface area contributed by atoms with E-state index in [4.69, 9.17) is 4.42 Å². The number of rotatable bonds is 3. The van der Waals surface area contributed by atoms with E-state index < -0.39 is 0 Å². The number of fused-ring (bicyclic) bond motifs is 1. The smallest absolute Gasteiger partial charge is 0.177 e. The number of furan rings is 1. The van der Waals surface area contributed by atoms with Crippen molar-refractivity contribution in [3.63, 3.8) is 0 Å². The third kappa shape index (κ3) is 1.98. The average Bonchev–Trinajstić information content (AvgIpc) is 2.98. The molecule has 0 radical (unpaired) electrons. The third-order valence-electron chi connectivity index (χ3n) is 2.08. The maximum Gasteiger partial charge on any atom is 0.177 e. The minimum absolute atomic E-state index is 0.597. The van der Waals surface area contributed by atoms with Gasteiger partial charge in [-0.1, -0.05) is 0 Å². The number of nitrogens with one attached hydrogen (secondary N) is 1. The van der Waals surface area contributed by atoms with Crippen LogP contribution in [0.1, 0.15) is 5.76 Å². The molecule has 0 bridgehead atoms. The van der Waals surface area contributed by atoms with Gasteiger partial charge in [0.1, 0.15) is 12.1 Å². The highest BCUT2D eigenvalue weighted by atomic mass is 16.3. The number of hydrazone groups is 1. The van der Waals surface area contributed by atoms with Crippen LogP contribution in [0.2, 0.25) is 0 Å². The van der Waals surface area contributed by atoms with E-state index in [2.05, 4.69) is 25.8 Å². The Morgan fingerprint density at radius 2 is 2.35 bits per heavy atom. The van der Waals surface area contributed by atoms with Crippen LogP contribution >= 0.6 is 0 Å². The molecular formula is C10H8N6O. The van der Waals surface area contributed by atoms with E-state index in [1.807, 2.05) is 6.07 Å². The van der Waals surface area contributed by atoms with E-state index in [0.29, 0.717) is 17.2 Å². The second kappa shape index (κ2) is 4.05. The van der Waals surface area contributed by atoms with Crippen LogP contribution in [-0.2, 0) is 0 Å². The highest BCUT2D eigenvalue weighted by molar-refractivity contribution is 5.76. The van der Waals surface area contributed by atoms with Gasteiger partial charge in [-0.3, -0.25) is 5.43 Å². The number of anilines is 1. The first-order valence-electron chi connectivity index (χ1n) is 4.91. The second-order valence-corrected chi connectivity index (χ2v) is 3.24. The zero-order valence-electron chi connectivity index (χ0n) is 8.69. The van der Waals surface area contributed by atoms with Crippen LogP contribution < -0.4 is 5.43 Å². The first-order chi connectivity index (χ1) is 8.42. The standard InChI is InChI=1S/C10H8N6O/c1-2-8(17-5-1)6-11-13-9-3-4-10-14-12-7-16(10)15-9/h1-7H,(H,13,15)/b11-6+. The molecule has 0 fully saturated rings. The summed E-state index contributed by atoms with van der Waals surface area (Å²) in [7, 11) is 0. The minimum atomic E-state index is 0.597. The Morgan fingerprint density at radius 1 is 1.35 bits per heavy atom. The summed E-state index contributed by atoms with van der Waals surface area (Å²) >= 11 is 0. The quantitative estimate of drug-likeness (QED) is 0.537.